The molecule has 2 aromatic rings. The van der Waals surface area contributed by atoms with E-state index >= 15 is 0 Å². The third-order valence-electron chi connectivity index (χ3n) is 2.49. The molecule has 0 saturated heterocycles. The molecule has 0 N–H and O–H groups in total. The SMILES string of the molecule is CCC(=O)[O][Al][c]1cc(Cl)cc(Oc2ccccc2)c1. The predicted molar refractivity (Wildman–Crippen MR) is 79.7 cm³/mol. The molecular weight excluding hydrogens is 291 g/mol. The summed E-state index contributed by atoms with van der Waals surface area (Å²) >= 11 is 5.47. The Bertz CT molecular complexity index is 587. The van der Waals surface area contributed by atoms with E-state index in [0.29, 0.717) is 17.2 Å². The summed E-state index contributed by atoms with van der Waals surface area (Å²) in [6.45, 7) is 1.77. The molecule has 3 nitrogen and oxygen atoms in total. The van der Waals surface area contributed by atoms with Gasteiger partial charge in [0.1, 0.15) is 11.5 Å². The highest BCUT2D eigenvalue weighted by Gasteiger charge is 2.09. The number of hydrogen-bond acceptors (Lipinski definition) is 3. The number of benzene rings is 2. The van der Waals surface area contributed by atoms with Crippen LogP contribution < -0.4 is 9.16 Å². The maximum Gasteiger partial charge on any atom is 0.572 e. The molecule has 0 aromatic heterocycles. The Hall–Kier alpha value is -1.47. The van der Waals surface area contributed by atoms with Crippen LogP contribution in [0.2, 0.25) is 5.02 Å². The number of rotatable bonds is 5. The summed E-state index contributed by atoms with van der Waals surface area (Å²) in [5, 5.41) is 0.563. The van der Waals surface area contributed by atoms with Crippen LogP contribution in [0.5, 0.6) is 11.5 Å². The molecule has 0 fully saturated rings. The number of para-hydroxylation sites is 1. The zero-order valence-corrected chi connectivity index (χ0v) is 12.9. The Labute approximate surface area is 129 Å². The van der Waals surface area contributed by atoms with Crippen LogP contribution in [-0.4, -0.2) is 21.5 Å². The average molecular weight is 304 g/mol. The van der Waals surface area contributed by atoms with Crippen LogP contribution in [-0.2, 0) is 8.58 Å². The van der Waals surface area contributed by atoms with E-state index in [1.54, 1.807) is 19.1 Å². The van der Waals surface area contributed by atoms with Gasteiger partial charge in [-0.1, -0.05) is 47.2 Å². The Morgan fingerprint density at radius 1 is 1.15 bits per heavy atom. The lowest BCUT2D eigenvalue weighted by atomic mass is 10.3. The molecule has 0 saturated carbocycles. The summed E-state index contributed by atoms with van der Waals surface area (Å²) in [6, 6.07) is 14.8. The summed E-state index contributed by atoms with van der Waals surface area (Å²) in [5.74, 6) is 1.17. The fraction of sp³-hybridized carbons (Fsp3) is 0.133. The van der Waals surface area contributed by atoms with Gasteiger partial charge in [0, 0.05) is 11.4 Å². The zero-order chi connectivity index (χ0) is 14.4. The van der Waals surface area contributed by atoms with Crippen LogP contribution in [0.25, 0.3) is 0 Å². The summed E-state index contributed by atoms with van der Waals surface area (Å²) in [7, 11) is 0. The first kappa shape index (κ1) is 14.9. The van der Waals surface area contributed by atoms with E-state index in [9.17, 15) is 4.79 Å². The first-order chi connectivity index (χ1) is 9.67. The lowest BCUT2D eigenvalue weighted by Crippen LogP contribution is -2.20. The van der Waals surface area contributed by atoms with E-state index in [0.717, 1.165) is 10.2 Å². The minimum atomic E-state index is -0.592. The molecule has 0 amide bonds. The van der Waals surface area contributed by atoms with Crippen LogP contribution >= 0.6 is 11.6 Å². The van der Waals surface area contributed by atoms with Crippen molar-refractivity contribution < 1.29 is 13.3 Å². The van der Waals surface area contributed by atoms with Crippen molar-refractivity contribution in [3.8, 4) is 11.5 Å². The van der Waals surface area contributed by atoms with Crippen molar-refractivity contribution in [1.82, 2.24) is 0 Å². The predicted octanol–water partition coefficient (Wildman–Crippen LogP) is 3.33. The molecule has 0 unspecified atom stereocenters. The lowest BCUT2D eigenvalue weighted by molar-refractivity contribution is -0.133. The Balaban J connectivity index is 2.10. The van der Waals surface area contributed by atoms with Crippen molar-refractivity contribution in [2.45, 2.75) is 13.3 Å². The molecular formula is C15H13AlClO3. The van der Waals surface area contributed by atoms with Crippen LogP contribution in [0.1, 0.15) is 13.3 Å². The second-order valence-electron chi connectivity index (χ2n) is 4.10. The summed E-state index contributed by atoms with van der Waals surface area (Å²) in [4.78, 5) is 11.2. The van der Waals surface area contributed by atoms with E-state index < -0.39 is 15.6 Å². The summed E-state index contributed by atoms with van der Waals surface area (Å²) in [5.41, 5.74) is 0. The highest BCUT2D eigenvalue weighted by Crippen LogP contribution is 2.22. The molecule has 1 radical (unpaired) electrons. The van der Waals surface area contributed by atoms with Crippen LogP contribution in [0.15, 0.2) is 48.5 Å². The van der Waals surface area contributed by atoms with Gasteiger partial charge in [0.05, 0.1) is 0 Å². The topological polar surface area (TPSA) is 35.5 Å². The van der Waals surface area contributed by atoms with Gasteiger partial charge in [-0.25, -0.2) is 0 Å². The number of hydrogen-bond donors (Lipinski definition) is 0. The van der Waals surface area contributed by atoms with Crippen molar-refractivity contribution in [1.29, 1.82) is 0 Å². The maximum atomic E-state index is 11.2. The van der Waals surface area contributed by atoms with E-state index in [4.69, 9.17) is 20.1 Å². The summed E-state index contributed by atoms with van der Waals surface area (Å²) < 4.78 is 11.8. The average Bonchev–Trinajstić information content (AvgIpc) is 2.45. The molecule has 0 aliphatic rings. The lowest BCUT2D eigenvalue weighted by Gasteiger charge is -2.08. The van der Waals surface area contributed by atoms with E-state index in [2.05, 4.69) is 0 Å². The quantitative estimate of drug-likeness (QED) is 0.795. The molecule has 2 aromatic carbocycles. The zero-order valence-electron chi connectivity index (χ0n) is 11.0. The van der Waals surface area contributed by atoms with Crippen molar-refractivity contribution in [2.75, 3.05) is 0 Å². The fourth-order valence-corrected chi connectivity index (χ4v) is 2.81. The number of halogens is 1. The molecule has 0 aliphatic heterocycles. The maximum absolute atomic E-state index is 11.2. The van der Waals surface area contributed by atoms with Crippen molar-refractivity contribution in [2.24, 2.45) is 0 Å². The van der Waals surface area contributed by atoms with Gasteiger partial charge in [-0.05, 0) is 24.3 Å². The second kappa shape index (κ2) is 7.35. The van der Waals surface area contributed by atoms with E-state index in [1.807, 2.05) is 36.4 Å². The van der Waals surface area contributed by atoms with Crippen LogP contribution in [0.3, 0.4) is 0 Å². The molecule has 101 valence electrons. The van der Waals surface area contributed by atoms with Gasteiger partial charge in [0.25, 0.3) is 5.97 Å². The molecule has 5 heteroatoms. The fourth-order valence-electron chi connectivity index (χ4n) is 1.55. The van der Waals surface area contributed by atoms with E-state index in [1.165, 1.54) is 0 Å². The second-order valence-corrected chi connectivity index (χ2v) is 5.67. The van der Waals surface area contributed by atoms with E-state index in [-0.39, 0.29) is 5.97 Å². The third kappa shape index (κ3) is 4.57. The minimum Gasteiger partial charge on any atom is -0.618 e. The molecule has 0 atom stereocenters. The highest BCUT2D eigenvalue weighted by molar-refractivity contribution is 6.49. The highest BCUT2D eigenvalue weighted by atomic mass is 35.5. The first-order valence-corrected chi connectivity index (χ1v) is 7.66. The van der Waals surface area contributed by atoms with Gasteiger partial charge in [-0.3, -0.25) is 4.79 Å². The Kier molecular flexibility index (Phi) is 5.49. The summed E-state index contributed by atoms with van der Waals surface area (Å²) in [6.07, 6.45) is 0.376. The van der Waals surface area contributed by atoms with Crippen molar-refractivity contribution in [3.63, 3.8) is 0 Å². The van der Waals surface area contributed by atoms with Gasteiger partial charge in [-0.2, -0.15) is 0 Å². The molecule has 20 heavy (non-hydrogen) atoms. The van der Waals surface area contributed by atoms with Gasteiger partial charge >= 0.3 is 15.6 Å². The minimum absolute atomic E-state index is 0.203. The standard InChI is InChI=1S/C12H8ClO.C3H6O2.Al/c13-10-5-4-8-12(9-10)14-11-6-2-1-3-7-11;1-2-3(4)5;/h1-3,5-9H;2H2,1H3,(H,4,5);/q;;+1/p-1. The van der Waals surface area contributed by atoms with Crippen molar-refractivity contribution >= 4 is 37.5 Å². The van der Waals surface area contributed by atoms with Crippen molar-refractivity contribution in [3.05, 3.63) is 53.6 Å². The number of carbonyl (C=O) groups is 1. The molecule has 0 heterocycles. The van der Waals surface area contributed by atoms with Gasteiger partial charge < -0.3 is 8.53 Å². The number of carbonyl (C=O) groups excluding carboxylic acids is 1. The largest absolute Gasteiger partial charge is 0.618 e. The monoisotopic (exact) mass is 303 g/mol. The molecule has 0 spiro atoms. The normalized spacial score (nSPS) is 9.90. The Morgan fingerprint density at radius 2 is 1.90 bits per heavy atom. The first-order valence-electron chi connectivity index (χ1n) is 6.23. The number of ether oxygens (including phenoxy) is 1. The molecule has 2 rings (SSSR count). The Morgan fingerprint density at radius 3 is 2.60 bits per heavy atom. The van der Waals surface area contributed by atoms with Gasteiger partial charge in [-0.15, -0.1) is 0 Å². The molecule has 0 bridgehead atoms. The van der Waals surface area contributed by atoms with Crippen LogP contribution in [0.4, 0.5) is 0 Å². The van der Waals surface area contributed by atoms with Gasteiger partial charge in [0.2, 0.25) is 0 Å². The van der Waals surface area contributed by atoms with Gasteiger partial charge in [0.15, 0.2) is 0 Å². The molecule has 0 aliphatic carbocycles. The third-order valence-corrected chi connectivity index (χ3v) is 3.69. The smallest absolute Gasteiger partial charge is 0.572 e. The van der Waals surface area contributed by atoms with Crippen LogP contribution in [0, 0.1) is 0 Å².